The van der Waals surface area contributed by atoms with Crippen LogP contribution < -0.4 is 20.5 Å². The maximum atomic E-state index is 11.4. The van der Waals surface area contributed by atoms with Gasteiger partial charge in [0.1, 0.15) is 0 Å². The largest absolute Gasteiger partial charge is 0.493 e. The summed E-state index contributed by atoms with van der Waals surface area (Å²) in [6.45, 7) is 4.08. The van der Waals surface area contributed by atoms with Crippen molar-refractivity contribution >= 4 is 17.6 Å². The van der Waals surface area contributed by atoms with Gasteiger partial charge in [0.15, 0.2) is 17.5 Å². The number of anilines is 1. The maximum absolute atomic E-state index is 11.4. The molecule has 0 saturated heterocycles. The van der Waals surface area contributed by atoms with Crippen LogP contribution in [-0.2, 0) is 9.53 Å². The molecule has 0 radical (unpaired) electrons. The first kappa shape index (κ1) is 18.6. The number of methoxy groups -OCH3 is 2. The van der Waals surface area contributed by atoms with Gasteiger partial charge < -0.3 is 25.3 Å². The molecular formula is C16H25N3O4. The predicted molar refractivity (Wildman–Crippen MR) is 90.1 cm³/mol. The Morgan fingerprint density at radius 1 is 1.26 bits per heavy atom. The second-order valence-electron chi connectivity index (χ2n) is 5.10. The average molecular weight is 323 g/mol. The summed E-state index contributed by atoms with van der Waals surface area (Å²) in [5.74, 6) is 1.29. The molecule has 1 rings (SSSR count). The second kappa shape index (κ2) is 9.55. The molecule has 0 aliphatic carbocycles. The van der Waals surface area contributed by atoms with E-state index in [1.807, 2.05) is 19.9 Å². The third-order valence-corrected chi connectivity index (χ3v) is 2.84. The number of aliphatic imine (C=N–C) groups is 1. The number of hydrogen-bond acceptors (Lipinski definition) is 5. The van der Waals surface area contributed by atoms with Crippen molar-refractivity contribution in [3.8, 4) is 11.5 Å². The number of carbonyl (C=O) groups excluding carboxylic acids is 1. The fourth-order valence-electron chi connectivity index (χ4n) is 1.85. The normalized spacial score (nSPS) is 11.3. The summed E-state index contributed by atoms with van der Waals surface area (Å²) in [6, 6.07) is 5.35. The van der Waals surface area contributed by atoms with E-state index in [2.05, 4.69) is 10.3 Å². The highest BCUT2D eigenvalue weighted by molar-refractivity contribution is 5.92. The van der Waals surface area contributed by atoms with Crippen LogP contribution in [0.1, 0.15) is 26.7 Å². The molecule has 7 heteroatoms. The molecule has 0 bridgehead atoms. The third kappa shape index (κ3) is 6.90. The highest BCUT2D eigenvalue weighted by Gasteiger charge is 2.06. The lowest BCUT2D eigenvalue weighted by atomic mass is 10.3. The Labute approximate surface area is 136 Å². The third-order valence-electron chi connectivity index (χ3n) is 2.84. The summed E-state index contributed by atoms with van der Waals surface area (Å²) < 4.78 is 15.4. The van der Waals surface area contributed by atoms with Crippen LogP contribution in [0.25, 0.3) is 0 Å². The minimum atomic E-state index is -0.221. The Balaban J connectivity index is 2.46. The fourth-order valence-corrected chi connectivity index (χ4v) is 1.85. The zero-order valence-electron chi connectivity index (χ0n) is 14.1. The number of rotatable bonds is 8. The number of nitrogens with zero attached hydrogens (tertiary/aromatic N) is 1. The van der Waals surface area contributed by atoms with Crippen molar-refractivity contribution in [1.82, 2.24) is 0 Å². The van der Waals surface area contributed by atoms with E-state index >= 15 is 0 Å². The molecule has 3 N–H and O–H groups in total. The maximum Gasteiger partial charge on any atom is 0.306 e. The van der Waals surface area contributed by atoms with Crippen LogP contribution in [0.5, 0.6) is 11.5 Å². The molecule has 128 valence electrons. The summed E-state index contributed by atoms with van der Waals surface area (Å²) in [7, 11) is 3.14. The molecule has 1 aromatic carbocycles. The molecule has 23 heavy (non-hydrogen) atoms. The molecule has 7 nitrogen and oxygen atoms in total. The van der Waals surface area contributed by atoms with E-state index in [-0.39, 0.29) is 18.0 Å². The fraction of sp³-hybridized carbons (Fsp3) is 0.500. The van der Waals surface area contributed by atoms with Gasteiger partial charge >= 0.3 is 5.97 Å². The molecule has 0 fully saturated rings. The van der Waals surface area contributed by atoms with Gasteiger partial charge in [-0.3, -0.25) is 9.79 Å². The molecule has 0 aromatic heterocycles. The van der Waals surface area contributed by atoms with Crippen molar-refractivity contribution in [2.75, 3.05) is 26.1 Å². The SMILES string of the molecule is COc1ccc(NC(N)=NCCCC(=O)OC(C)C)cc1OC. The number of hydrogen-bond donors (Lipinski definition) is 2. The van der Waals surface area contributed by atoms with Crippen LogP contribution in [-0.4, -0.2) is 38.8 Å². The quantitative estimate of drug-likeness (QED) is 0.329. The van der Waals surface area contributed by atoms with Crippen LogP contribution >= 0.6 is 0 Å². The molecule has 0 aliphatic rings. The number of guanidine groups is 1. The van der Waals surface area contributed by atoms with Gasteiger partial charge in [-0.15, -0.1) is 0 Å². The summed E-state index contributed by atoms with van der Waals surface area (Å²) in [5, 5.41) is 2.96. The lowest BCUT2D eigenvalue weighted by Gasteiger charge is -2.11. The molecule has 0 saturated carbocycles. The van der Waals surface area contributed by atoms with Crippen LogP contribution in [0.2, 0.25) is 0 Å². The minimum absolute atomic E-state index is 0.0946. The second-order valence-corrected chi connectivity index (χ2v) is 5.10. The van der Waals surface area contributed by atoms with Gasteiger partial charge in [-0.1, -0.05) is 0 Å². The van der Waals surface area contributed by atoms with Gasteiger partial charge in [0.25, 0.3) is 0 Å². The molecule has 0 aliphatic heterocycles. The summed E-state index contributed by atoms with van der Waals surface area (Å²) >= 11 is 0. The zero-order chi connectivity index (χ0) is 17.2. The number of esters is 1. The zero-order valence-corrected chi connectivity index (χ0v) is 14.1. The summed E-state index contributed by atoms with van der Waals surface area (Å²) in [5.41, 5.74) is 6.56. The first-order valence-corrected chi connectivity index (χ1v) is 7.44. The summed E-state index contributed by atoms with van der Waals surface area (Å²) in [4.78, 5) is 15.5. The van der Waals surface area contributed by atoms with E-state index in [9.17, 15) is 4.79 Å². The molecule has 0 spiro atoms. The number of carbonyl (C=O) groups is 1. The molecule has 0 atom stereocenters. The van der Waals surface area contributed by atoms with Crippen LogP contribution in [0.15, 0.2) is 23.2 Å². The van der Waals surface area contributed by atoms with Crippen molar-refractivity contribution in [1.29, 1.82) is 0 Å². The van der Waals surface area contributed by atoms with Crippen molar-refractivity contribution < 1.29 is 19.0 Å². The molecule has 0 unspecified atom stereocenters. The Hall–Kier alpha value is -2.44. The Morgan fingerprint density at radius 2 is 1.96 bits per heavy atom. The van der Waals surface area contributed by atoms with Gasteiger partial charge in [-0.2, -0.15) is 0 Å². The van der Waals surface area contributed by atoms with Crippen LogP contribution in [0, 0.1) is 0 Å². The van der Waals surface area contributed by atoms with Gasteiger partial charge in [0, 0.05) is 24.7 Å². The smallest absolute Gasteiger partial charge is 0.306 e. The molecule has 0 amide bonds. The molecular weight excluding hydrogens is 298 g/mol. The number of nitrogens with two attached hydrogens (primary N) is 1. The average Bonchev–Trinajstić information content (AvgIpc) is 2.50. The van der Waals surface area contributed by atoms with Crippen molar-refractivity contribution in [2.45, 2.75) is 32.8 Å². The Kier molecular flexibility index (Phi) is 7.73. The minimum Gasteiger partial charge on any atom is -0.493 e. The monoisotopic (exact) mass is 323 g/mol. The van der Waals surface area contributed by atoms with Gasteiger partial charge in [0.05, 0.1) is 20.3 Å². The van der Waals surface area contributed by atoms with Crippen molar-refractivity contribution in [3.63, 3.8) is 0 Å². The van der Waals surface area contributed by atoms with E-state index in [0.717, 1.165) is 5.69 Å². The van der Waals surface area contributed by atoms with Gasteiger partial charge in [-0.25, -0.2) is 0 Å². The van der Waals surface area contributed by atoms with Gasteiger partial charge in [-0.05, 0) is 32.4 Å². The highest BCUT2D eigenvalue weighted by atomic mass is 16.5. The Bertz CT molecular complexity index is 544. The van der Waals surface area contributed by atoms with E-state index < -0.39 is 0 Å². The number of ether oxygens (including phenoxy) is 3. The Morgan fingerprint density at radius 3 is 2.57 bits per heavy atom. The van der Waals surface area contributed by atoms with Crippen molar-refractivity contribution in [3.05, 3.63) is 18.2 Å². The highest BCUT2D eigenvalue weighted by Crippen LogP contribution is 2.29. The van der Waals surface area contributed by atoms with Crippen molar-refractivity contribution in [2.24, 2.45) is 10.7 Å². The van der Waals surface area contributed by atoms with E-state index in [4.69, 9.17) is 19.9 Å². The first-order valence-electron chi connectivity index (χ1n) is 7.44. The van der Waals surface area contributed by atoms with Gasteiger partial charge in [0.2, 0.25) is 0 Å². The van der Waals surface area contributed by atoms with Crippen LogP contribution in [0.4, 0.5) is 5.69 Å². The standard InChI is InChI=1S/C16H25N3O4/c1-11(2)23-15(20)6-5-9-18-16(17)19-12-7-8-13(21-3)14(10-12)22-4/h7-8,10-11H,5-6,9H2,1-4H3,(H3,17,18,19). The number of nitrogens with one attached hydrogen (secondary N) is 1. The lowest BCUT2D eigenvalue weighted by Crippen LogP contribution is -2.23. The lowest BCUT2D eigenvalue weighted by molar-refractivity contribution is -0.147. The first-order chi connectivity index (χ1) is 11.0. The van der Waals surface area contributed by atoms with E-state index in [1.54, 1.807) is 26.4 Å². The number of benzene rings is 1. The summed E-state index contributed by atoms with van der Waals surface area (Å²) in [6.07, 6.45) is 0.813. The van der Waals surface area contributed by atoms with E-state index in [1.165, 1.54) is 0 Å². The molecule has 0 heterocycles. The topological polar surface area (TPSA) is 95.2 Å². The molecule has 1 aromatic rings. The van der Waals surface area contributed by atoms with E-state index in [0.29, 0.717) is 30.9 Å². The van der Waals surface area contributed by atoms with Crippen LogP contribution in [0.3, 0.4) is 0 Å². The predicted octanol–water partition coefficient (Wildman–Crippen LogP) is 2.16.